The Hall–Kier alpha value is -5.40. The number of piperidine rings is 1. The topological polar surface area (TPSA) is 159 Å². The number of carbonyl (C=O) groups excluding carboxylic acids is 2. The lowest BCUT2D eigenvalue weighted by Gasteiger charge is -2.39. The third-order valence-corrected chi connectivity index (χ3v) is 7.98. The van der Waals surface area contributed by atoms with E-state index in [-0.39, 0.29) is 35.8 Å². The number of anilines is 1. The molecule has 13 nitrogen and oxygen atoms in total. The summed E-state index contributed by atoms with van der Waals surface area (Å²) >= 11 is 0. The minimum absolute atomic E-state index is 0.116. The fourth-order valence-corrected chi connectivity index (χ4v) is 5.66. The van der Waals surface area contributed by atoms with Gasteiger partial charge in [0, 0.05) is 18.7 Å². The van der Waals surface area contributed by atoms with Crippen LogP contribution in [0, 0.1) is 11.7 Å². The van der Waals surface area contributed by atoms with Gasteiger partial charge in [0.2, 0.25) is 0 Å². The van der Waals surface area contributed by atoms with Crippen LogP contribution in [0.2, 0.25) is 0 Å². The Labute approximate surface area is 251 Å². The van der Waals surface area contributed by atoms with Crippen molar-refractivity contribution in [3.63, 3.8) is 0 Å². The van der Waals surface area contributed by atoms with Crippen molar-refractivity contribution >= 4 is 28.8 Å². The summed E-state index contributed by atoms with van der Waals surface area (Å²) in [6.07, 6.45) is 6.01. The predicted octanol–water partition coefficient (Wildman–Crippen LogP) is 3.51. The highest BCUT2D eigenvalue weighted by Gasteiger charge is 2.34. The molecule has 2 unspecified atom stereocenters. The molecule has 1 aliphatic heterocycles. The summed E-state index contributed by atoms with van der Waals surface area (Å²) in [5.74, 6) is -0.185. The van der Waals surface area contributed by atoms with Crippen molar-refractivity contribution in [1.82, 2.24) is 44.7 Å². The van der Waals surface area contributed by atoms with Gasteiger partial charge in [0.15, 0.2) is 5.65 Å². The molecule has 0 bridgehead atoms. The van der Waals surface area contributed by atoms with Gasteiger partial charge in [-0.2, -0.15) is 14.9 Å². The van der Waals surface area contributed by atoms with E-state index in [1.54, 1.807) is 4.68 Å². The van der Waals surface area contributed by atoms with Crippen LogP contribution < -0.4 is 15.8 Å². The number of hydrogen-bond acceptors (Lipinski definition) is 9. The van der Waals surface area contributed by atoms with E-state index < -0.39 is 11.7 Å². The molecule has 0 aliphatic carbocycles. The van der Waals surface area contributed by atoms with Crippen molar-refractivity contribution in [2.24, 2.45) is 5.92 Å². The van der Waals surface area contributed by atoms with E-state index in [2.05, 4.69) is 32.3 Å². The number of amides is 2. The molecule has 5 aromatic rings. The largest absolute Gasteiger partial charge is 0.496 e. The molecule has 44 heavy (non-hydrogen) atoms. The number of rotatable bonds is 7. The first-order valence-electron chi connectivity index (χ1n) is 14.2. The normalized spacial score (nSPS) is 16.7. The van der Waals surface area contributed by atoms with E-state index in [0.717, 1.165) is 30.0 Å². The van der Waals surface area contributed by atoms with E-state index in [4.69, 9.17) is 15.6 Å². The summed E-state index contributed by atoms with van der Waals surface area (Å²) in [4.78, 5) is 40.4. The molecule has 14 heteroatoms. The summed E-state index contributed by atoms with van der Waals surface area (Å²) in [5.41, 5.74) is 9.23. The van der Waals surface area contributed by atoms with Gasteiger partial charge in [-0.25, -0.2) is 28.8 Å². The van der Waals surface area contributed by atoms with Gasteiger partial charge < -0.3 is 20.7 Å². The molecular formula is C30H31FN10O3. The first kappa shape index (κ1) is 28.7. The zero-order chi connectivity index (χ0) is 30.8. The van der Waals surface area contributed by atoms with Crippen molar-refractivity contribution in [2.45, 2.75) is 38.9 Å². The Bertz CT molecular complexity index is 1810. The number of nitrogen functional groups attached to an aromatic ring is 1. The summed E-state index contributed by atoms with van der Waals surface area (Å²) in [6.45, 7) is 3.35. The van der Waals surface area contributed by atoms with Gasteiger partial charge in [0.1, 0.15) is 42.1 Å². The molecule has 1 aliphatic rings. The maximum atomic E-state index is 13.7. The van der Waals surface area contributed by atoms with Crippen molar-refractivity contribution in [3.8, 4) is 17.0 Å². The van der Waals surface area contributed by atoms with Gasteiger partial charge in [0.25, 0.3) is 5.91 Å². The first-order chi connectivity index (χ1) is 21.3. The summed E-state index contributed by atoms with van der Waals surface area (Å²) < 4.78 is 22.0. The average molecular weight is 599 g/mol. The van der Waals surface area contributed by atoms with Crippen LogP contribution in [0.5, 0.6) is 5.75 Å². The summed E-state index contributed by atoms with van der Waals surface area (Å²) in [6, 6.07) is 10.9. The quantitative estimate of drug-likeness (QED) is 0.286. The Morgan fingerprint density at radius 3 is 2.70 bits per heavy atom. The molecule has 0 saturated carbocycles. The number of nitrogens with two attached hydrogens (primary N) is 1. The van der Waals surface area contributed by atoms with Crippen LogP contribution in [0.4, 0.5) is 15.0 Å². The first-order valence-corrected chi connectivity index (χ1v) is 14.2. The molecule has 2 atom stereocenters. The molecule has 0 spiro atoms. The monoisotopic (exact) mass is 598 g/mol. The smallest absolute Gasteiger partial charge is 0.346 e. The van der Waals surface area contributed by atoms with E-state index in [9.17, 15) is 14.0 Å². The van der Waals surface area contributed by atoms with Gasteiger partial charge in [-0.1, -0.05) is 31.2 Å². The number of likely N-dealkylation sites (tertiary alicyclic amines) is 1. The number of nitrogens with zero attached hydrogens (tertiary/aromatic N) is 8. The van der Waals surface area contributed by atoms with E-state index in [1.807, 2.05) is 29.2 Å². The van der Waals surface area contributed by atoms with E-state index in [0.29, 0.717) is 35.6 Å². The summed E-state index contributed by atoms with van der Waals surface area (Å²) in [5, 5.41) is 12.4. The Morgan fingerprint density at radius 1 is 1.14 bits per heavy atom. The van der Waals surface area contributed by atoms with E-state index in [1.165, 1.54) is 42.9 Å². The van der Waals surface area contributed by atoms with Gasteiger partial charge in [-0.15, -0.1) is 0 Å². The Morgan fingerprint density at radius 2 is 1.95 bits per heavy atom. The van der Waals surface area contributed by atoms with Crippen molar-refractivity contribution in [3.05, 3.63) is 78.4 Å². The maximum Gasteiger partial charge on any atom is 0.346 e. The lowest BCUT2D eigenvalue weighted by molar-refractivity contribution is 0.0947. The van der Waals surface area contributed by atoms with E-state index >= 15 is 0 Å². The summed E-state index contributed by atoms with van der Waals surface area (Å²) in [7, 11) is 1.43. The van der Waals surface area contributed by atoms with Gasteiger partial charge in [-0.3, -0.25) is 4.79 Å². The molecule has 3 N–H and O–H groups in total. The van der Waals surface area contributed by atoms with Crippen molar-refractivity contribution in [1.29, 1.82) is 0 Å². The molecule has 3 aromatic heterocycles. The second-order valence-electron chi connectivity index (χ2n) is 10.7. The zero-order valence-corrected chi connectivity index (χ0v) is 24.2. The number of fused-ring (bicyclic) bond motifs is 1. The lowest BCUT2D eigenvalue weighted by atomic mass is 9.91. The van der Waals surface area contributed by atoms with Gasteiger partial charge in [-0.05, 0) is 42.5 Å². The maximum absolute atomic E-state index is 13.7. The number of nitrogens with one attached hydrogen (secondary N) is 1. The van der Waals surface area contributed by atoms with Gasteiger partial charge in [0.05, 0.1) is 30.6 Å². The fourth-order valence-electron chi connectivity index (χ4n) is 5.66. The van der Waals surface area contributed by atoms with Crippen LogP contribution in [0.3, 0.4) is 0 Å². The van der Waals surface area contributed by atoms with Crippen LogP contribution >= 0.6 is 0 Å². The molecule has 2 aromatic carbocycles. The highest BCUT2D eigenvalue weighted by atomic mass is 19.1. The second-order valence-corrected chi connectivity index (χ2v) is 10.7. The number of aromatic nitrogens is 7. The highest BCUT2D eigenvalue weighted by Crippen LogP contribution is 2.32. The number of ether oxygens (including phenoxy) is 1. The van der Waals surface area contributed by atoms with Crippen molar-refractivity contribution in [2.75, 3.05) is 19.4 Å². The van der Waals surface area contributed by atoms with Crippen LogP contribution in [0.25, 0.3) is 22.3 Å². The Kier molecular flexibility index (Phi) is 7.87. The van der Waals surface area contributed by atoms with Crippen LogP contribution in [0.1, 0.15) is 35.7 Å². The van der Waals surface area contributed by atoms with Crippen LogP contribution in [-0.2, 0) is 13.1 Å². The van der Waals surface area contributed by atoms with Gasteiger partial charge >= 0.3 is 6.03 Å². The number of carbonyl (C=O) groups is 2. The average Bonchev–Trinajstić information content (AvgIpc) is 3.70. The fraction of sp³-hybridized carbons (Fsp3) is 0.300. The standard InChI is InChI=1S/C30H31FN10O3/c1-18-4-3-11-39(30(43)41-17-33-15-37-41)23(18)14-40-28-25(27(32)35-16-36-28)26(38-40)20-7-5-19(6-8-20)13-34-29(42)22-12-21(31)9-10-24(22)44-2/h5-10,12,15-18,23H,3-4,11,13-14H2,1-2H3,(H,34,42)(H2,32,35,36). The molecular weight excluding hydrogens is 567 g/mol. The minimum Gasteiger partial charge on any atom is -0.496 e. The molecule has 0 radical (unpaired) electrons. The minimum atomic E-state index is -0.525. The highest BCUT2D eigenvalue weighted by molar-refractivity contribution is 5.98. The predicted molar refractivity (Wildman–Crippen MR) is 159 cm³/mol. The number of methoxy groups -OCH3 is 1. The number of hydrogen-bond donors (Lipinski definition) is 2. The molecule has 226 valence electrons. The third-order valence-electron chi connectivity index (χ3n) is 7.98. The molecule has 4 heterocycles. The molecule has 1 saturated heterocycles. The number of halogens is 1. The second kappa shape index (κ2) is 12.1. The SMILES string of the molecule is COc1ccc(F)cc1C(=O)NCc1ccc(-c2nn(CC3C(C)CCCN3C(=O)n3cncn3)c3ncnc(N)c23)cc1. The molecule has 6 rings (SSSR count). The number of benzene rings is 2. The lowest BCUT2D eigenvalue weighted by Crippen LogP contribution is -2.51. The molecule has 1 fully saturated rings. The third kappa shape index (κ3) is 5.53. The van der Waals surface area contributed by atoms with Crippen molar-refractivity contribution < 1.29 is 18.7 Å². The Balaban J connectivity index is 1.25. The van der Waals surface area contributed by atoms with Crippen LogP contribution in [0.15, 0.2) is 61.4 Å². The van der Waals surface area contributed by atoms with Crippen LogP contribution in [-0.4, -0.2) is 71.0 Å². The molecule has 2 amide bonds. The zero-order valence-electron chi connectivity index (χ0n) is 24.2.